The Morgan fingerprint density at radius 2 is 1.70 bits per heavy atom. The van der Waals surface area contributed by atoms with Gasteiger partial charge < -0.3 is 14.2 Å². The minimum absolute atomic E-state index is 0.164. The van der Waals surface area contributed by atoms with E-state index in [0.29, 0.717) is 57.1 Å². The molecule has 2 aromatic rings. The van der Waals surface area contributed by atoms with Crippen molar-refractivity contribution in [2.75, 3.05) is 49.1 Å². The summed E-state index contributed by atoms with van der Waals surface area (Å²) in [6.45, 7) is 3.05. The average molecular weight is 542 g/mol. The van der Waals surface area contributed by atoms with Crippen LogP contribution in [0.25, 0.3) is 0 Å². The lowest BCUT2D eigenvalue weighted by atomic mass is 10.1. The van der Waals surface area contributed by atoms with Crippen LogP contribution in [0.15, 0.2) is 22.7 Å². The highest BCUT2D eigenvalue weighted by Crippen LogP contribution is 2.35. The first-order valence-corrected chi connectivity index (χ1v) is 14.2. The molecule has 13 heteroatoms. The average Bonchev–Trinajstić information content (AvgIpc) is 3.67. The number of hydrogen-bond donors (Lipinski definition) is 0. The molecule has 0 bridgehead atoms. The summed E-state index contributed by atoms with van der Waals surface area (Å²) < 4.78 is 72.9. The first kappa shape index (κ1) is 26.0. The molecule has 5 rings (SSSR count). The predicted octanol–water partition coefficient (Wildman–Crippen LogP) is 3.51. The fourth-order valence-electron chi connectivity index (χ4n) is 4.84. The van der Waals surface area contributed by atoms with Crippen molar-refractivity contribution in [3.8, 4) is 0 Å². The Morgan fingerprint density at radius 1 is 0.973 bits per heavy atom. The third-order valence-corrected chi connectivity index (χ3v) is 9.42. The Bertz CT molecular complexity index is 1220. The highest BCUT2D eigenvalue weighted by Gasteiger charge is 2.42. The molecular weight excluding hydrogens is 511 g/mol. The number of pyridine rings is 1. The first-order valence-electron chi connectivity index (χ1n) is 12.7. The van der Waals surface area contributed by atoms with Gasteiger partial charge in [-0.3, -0.25) is 4.79 Å². The summed E-state index contributed by atoms with van der Waals surface area (Å²) in [5.41, 5.74) is -0.844. The molecule has 0 N–H and O–H groups in total. The van der Waals surface area contributed by atoms with E-state index in [9.17, 15) is 26.4 Å². The fraction of sp³-hybridized carbons (Fsp3) is 0.625. The van der Waals surface area contributed by atoms with E-state index in [-0.39, 0.29) is 17.7 Å². The minimum Gasteiger partial charge on any atom is -0.420 e. The molecule has 0 unspecified atom stereocenters. The lowest BCUT2D eigenvalue weighted by Gasteiger charge is -2.24. The van der Waals surface area contributed by atoms with Crippen LogP contribution in [0.1, 0.15) is 60.3 Å². The van der Waals surface area contributed by atoms with Gasteiger partial charge in [-0.15, -0.1) is 0 Å². The van der Waals surface area contributed by atoms with Crippen molar-refractivity contribution in [2.24, 2.45) is 0 Å². The number of piperidine rings is 1. The van der Waals surface area contributed by atoms with Crippen LogP contribution >= 0.6 is 0 Å². The number of anilines is 2. The van der Waals surface area contributed by atoms with Crippen LogP contribution in [0.4, 0.5) is 25.0 Å². The maximum atomic E-state index is 13.6. The van der Waals surface area contributed by atoms with E-state index in [2.05, 4.69) is 9.97 Å². The zero-order valence-electron chi connectivity index (χ0n) is 20.4. The zero-order valence-corrected chi connectivity index (χ0v) is 21.2. The van der Waals surface area contributed by atoms with Crippen molar-refractivity contribution in [2.45, 2.75) is 56.4 Å². The third kappa shape index (κ3) is 5.77. The van der Waals surface area contributed by atoms with Gasteiger partial charge in [0.25, 0.3) is 6.01 Å². The summed E-state index contributed by atoms with van der Waals surface area (Å²) in [5.74, 6) is -0.958. The molecule has 0 radical (unpaired) electrons. The van der Waals surface area contributed by atoms with Gasteiger partial charge >= 0.3 is 6.18 Å². The van der Waals surface area contributed by atoms with Gasteiger partial charge in [-0.25, -0.2) is 13.4 Å². The number of sulfonamides is 1. The Balaban J connectivity index is 1.25. The number of carbonyl (C=O) groups excluding carboxylic acids is 1. The van der Waals surface area contributed by atoms with Gasteiger partial charge in [-0.2, -0.15) is 22.5 Å². The number of rotatable bonds is 7. The van der Waals surface area contributed by atoms with Gasteiger partial charge in [-0.1, -0.05) is 6.07 Å². The van der Waals surface area contributed by atoms with Gasteiger partial charge in [0, 0.05) is 51.9 Å². The van der Waals surface area contributed by atoms with E-state index < -0.39 is 33.4 Å². The van der Waals surface area contributed by atoms with Gasteiger partial charge in [0.15, 0.2) is 5.69 Å². The van der Waals surface area contributed by atoms with Gasteiger partial charge in [0.2, 0.25) is 21.6 Å². The number of Topliss-reactive ketones (excluding diaryl/α,β-unsaturated/α-hetero) is 1. The summed E-state index contributed by atoms with van der Waals surface area (Å²) in [5, 5.41) is -0.243. The SMILES string of the molecule is O=C(Cc1ccc(N2CCCN(S(=O)(=O)C3CC3)CC2)nc1)c1oc(N2CCCCC2)nc1C(F)(F)F. The monoisotopic (exact) mass is 541 g/mol. The van der Waals surface area contributed by atoms with Crippen LogP contribution in [0.2, 0.25) is 0 Å². The number of halogens is 3. The Hall–Kier alpha value is -2.67. The van der Waals surface area contributed by atoms with Gasteiger partial charge in [0.05, 0.1) is 5.25 Å². The molecule has 0 aromatic carbocycles. The van der Waals surface area contributed by atoms with Crippen molar-refractivity contribution < 1.29 is 30.8 Å². The molecular formula is C24H30F3N5O4S. The number of hydrogen-bond acceptors (Lipinski definition) is 8. The number of aromatic nitrogens is 2. The normalized spacial score (nSPS) is 20.2. The second-order valence-electron chi connectivity index (χ2n) is 9.83. The standard InChI is InChI=1S/C24H30F3N5O4S/c25-24(26,27)22-21(36-23(29-22)31-9-2-1-3-10-31)19(33)15-17-5-8-20(28-16-17)30-11-4-12-32(14-13-30)37(34,35)18-6-7-18/h5,8,16,18H,1-4,6-7,9-15H2. The van der Waals surface area contributed by atoms with Crippen molar-refractivity contribution in [3.63, 3.8) is 0 Å². The first-order chi connectivity index (χ1) is 17.6. The summed E-state index contributed by atoms with van der Waals surface area (Å²) in [6.07, 6.45) is 1.12. The third-order valence-electron chi connectivity index (χ3n) is 7.02. The van der Waals surface area contributed by atoms with E-state index in [1.807, 2.05) is 4.90 Å². The van der Waals surface area contributed by atoms with Crippen LogP contribution in [-0.4, -0.2) is 73.0 Å². The summed E-state index contributed by atoms with van der Waals surface area (Å²) in [7, 11) is -3.23. The Labute approximate surface area is 213 Å². The van der Waals surface area contributed by atoms with Gasteiger partial charge in [-0.05, 0) is 50.2 Å². The molecule has 0 atom stereocenters. The number of ketones is 1. The van der Waals surface area contributed by atoms with Crippen LogP contribution in [0.3, 0.4) is 0 Å². The number of carbonyl (C=O) groups is 1. The van der Waals surface area contributed by atoms with Crippen LogP contribution in [0, 0.1) is 0 Å². The molecule has 4 heterocycles. The minimum atomic E-state index is -4.81. The lowest BCUT2D eigenvalue weighted by Crippen LogP contribution is -2.37. The molecule has 3 fully saturated rings. The number of alkyl halides is 3. The van der Waals surface area contributed by atoms with Crippen molar-refractivity contribution >= 4 is 27.6 Å². The van der Waals surface area contributed by atoms with Crippen LogP contribution in [0.5, 0.6) is 0 Å². The number of nitrogens with zero attached hydrogens (tertiary/aromatic N) is 5. The molecule has 37 heavy (non-hydrogen) atoms. The maximum absolute atomic E-state index is 13.6. The van der Waals surface area contributed by atoms with E-state index in [4.69, 9.17) is 4.42 Å². The molecule has 9 nitrogen and oxygen atoms in total. The molecule has 0 spiro atoms. The molecule has 3 aliphatic rings. The van der Waals surface area contributed by atoms with Crippen molar-refractivity contribution in [3.05, 3.63) is 35.3 Å². The second-order valence-corrected chi connectivity index (χ2v) is 12.0. The van der Waals surface area contributed by atoms with E-state index in [1.165, 1.54) is 6.20 Å². The highest BCUT2D eigenvalue weighted by atomic mass is 32.2. The van der Waals surface area contributed by atoms with Gasteiger partial charge in [0.1, 0.15) is 5.82 Å². The van der Waals surface area contributed by atoms with Crippen molar-refractivity contribution in [1.29, 1.82) is 0 Å². The summed E-state index contributed by atoms with van der Waals surface area (Å²) >= 11 is 0. The second kappa shape index (κ2) is 10.2. The lowest BCUT2D eigenvalue weighted by molar-refractivity contribution is -0.141. The predicted molar refractivity (Wildman–Crippen MR) is 130 cm³/mol. The molecule has 202 valence electrons. The summed E-state index contributed by atoms with van der Waals surface area (Å²) in [4.78, 5) is 24.5. The molecule has 2 saturated heterocycles. The number of oxazole rings is 1. The fourth-order valence-corrected chi connectivity index (χ4v) is 6.71. The molecule has 1 aliphatic carbocycles. The highest BCUT2D eigenvalue weighted by molar-refractivity contribution is 7.90. The van der Waals surface area contributed by atoms with Crippen LogP contribution < -0.4 is 9.80 Å². The quantitative estimate of drug-likeness (QED) is 0.491. The molecule has 1 saturated carbocycles. The smallest absolute Gasteiger partial charge is 0.420 e. The van der Waals surface area contributed by atoms with Crippen LogP contribution in [-0.2, 0) is 22.6 Å². The van der Waals surface area contributed by atoms with E-state index in [0.717, 1.165) is 32.1 Å². The molecule has 2 aliphatic heterocycles. The Kier molecular flexibility index (Phi) is 7.18. The topological polar surface area (TPSA) is 99.9 Å². The van der Waals surface area contributed by atoms with E-state index >= 15 is 0 Å². The van der Waals surface area contributed by atoms with Crippen molar-refractivity contribution in [1.82, 2.24) is 14.3 Å². The Morgan fingerprint density at radius 3 is 2.35 bits per heavy atom. The maximum Gasteiger partial charge on any atom is 0.437 e. The van der Waals surface area contributed by atoms with E-state index in [1.54, 1.807) is 21.3 Å². The molecule has 0 amide bonds. The summed E-state index contributed by atoms with van der Waals surface area (Å²) in [6, 6.07) is 3.19. The zero-order chi connectivity index (χ0) is 26.2. The largest absolute Gasteiger partial charge is 0.437 e. The molecule has 2 aromatic heterocycles.